The van der Waals surface area contributed by atoms with E-state index in [1.807, 2.05) is 24.3 Å². The van der Waals surface area contributed by atoms with E-state index >= 15 is 0 Å². The highest BCUT2D eigenvalue weighted by Crippen LogP contribution is 2.27. The number of halogens is 2. The molecule has 2 rings (SSSR count). The molecule has 0 aliphatic carbocycles. The first-order chi connectivity index (χ1) is 9.61. The van der Waals surface area contributed by atoms with Crippen LogP contribution < -0.4 is 5.32 Å². The lowest BCUT2D eigenvalue weighted by Gasteiger charge is -2.19. The topological polar surface area (TPSA) is 38.3 Å². The van der Waals surface area contributed by atoms with Gasteiger partial charge in [0.25, 0.3) is 0 Å². The van der Waals surface area contributed by atoms with E-state index < -0.39 is 12.0 Å². The Morgan fingerprint density at radius 3 is 2.45 bits per heavy atom. The zero-order valence-electron chi connectivity index (χ0n) is 10.8. The van der Waals surface area contributed by atoms with Crippen LogP contribution in [0, 0.1) is 5.82 Å². The predicted molar refractivity (Wildman–Crippen MR) is 78.9 cm³/mol. The van der Waals surface area contributed by atoms with Crippen molar-refractivity contribution < 1.29 is 13.9 Å². The van der Waals surface area contributed by atoms with Gasteiger partial charge in [0.15, 0.2) is 6.04 Å². The van der Waals surface area contributed by atoms with Gasteiger partial charge < -0.3 is 10.1 Å². The zero-order chi connectivity index (χ0) is 14.5. The third-order valence-electron chi connectivity index (χ3n) is 2.81. The number of anilines is 1. The van der Waals surface area contributed by atoms with Crippen LogP contribution in [0.1, 0.15) is 11.6 Å². The van der Waals surface area contributed by atoms with Crippen molar-refractivity contribution in [1.82, 2.24) is 0 Å². The van der Waals surface area contributed by atoms with Gasteiger partial charge in [-0.25, -0.2) is 9.18 Å². The number of hydrogen-bond donors (Lipinski definition) is 1. The second kappa shape index (κ2) is 6.52. The average molecular weight is 338 g/mol. The molecule has 2 aromatic rings. The van der Waals surface area contributed by atoms with Gasteiger partial charge in [-0.1, -0.05) is 34.1 Å². The first-order valence-corrected chi connectivity index (χ1v) is 6.75. The van der Waals surface area contributed by atoms with Gasteiger partial charge in [0, 0.05) is 10.2 Å². The third kappa shape index (κ3) is 3.36. The Hall–Kier alpha value is -1.88. The highest BCUT2D eigenvalue weighted by molar-refractivity contribution is 9.10. The zero-order valence-corrected chi connectivity index (χ0v) is 12.4. The Morgan fingerprint density at radius 2 is 1.85 bits per heavy atom. The fourth-order valence-corrected chi connectivity index (χ4v) is 2.32. The molecule has 104 valence electrons. The fourth-order valence-electron chi connectivity index (χ4n) is 1.80. The number of rotatable bonds is 4. The van der Waals surface area contributed by atoms with Crippen LogP contribution in [0.4, 0.5) is 10.1 Å². The van der Waals surface area contributed by atoms with Gasteiger partial charge in [0.05, 0.1) is 7.11 Å². The van der Waals surface area contributed by atoms with Crippen LogP contribution in [0.25, 0.3) is 0 Å². The number of nitrogens with one attached hydrogen (secondary N) is 1. The predicted octanol–water partition coefficient (Wildman–Crippen LogP) is 3.91. The Labute approximate surface area is 124 Å². The van der Waals surface area contributed by atoms with Crippen LogP contribution in [-0.4, -0.2) is 13.1 Å². The quantitative estimate of drug-likeness (QED) is 0.859. The summed E-state index contributed by atoms with van der Waals surface area (Å²) >= 11 is 3.41. The number of methoxy groups -OCH3 is 1. The van der Waals surface area contributed by atoms with Crippen LogP contribution in [0.2, 0.25) is 0 Å². The van der Waals surface area contributed by atoms with E-state index in [1.165, 1.54) is 19.2 Å². The van der Waals surface area contributed by atoms with Gasteiger partial charge in [-0.05, 0) is 35.9 Å². The van der Waals surface area contributed by atoms with Crippen LogP contribution in [-0.2, 0) is 9.53 Å². The molecule has 0 aliphatic rings. The third-order valence-corrected chi connectivity index (χ3v) is 3.53. The second-order valence-corrected chi connectivity index (χ2v) is 4.98. The van der Waals surface area contributed by atoms with Crippen LogP contribution in [0.15, 0.2) is 53.0 Å². The van der Waals surface area contributed by atoms with Crippen molar-refractivity contribution >= 4 is 27.6 Å². The van der Waals surface area contributed by atoms with Crippen molar-refractivity contribution in [3.63, 3.8) is 0 Å². The minimum Gasteiger partial charge on any atom is -0.467 e. The van der Waals surface area contributed by atoms with E-state index in [0.717, 1.165) is 10.0 Å². The molecule has 0 heterocycles. The van der Waals surface area contributed by atoms with E-state index in [1.54, 1.807) is 12.1 Å². The van der Waals surface area contributed by atoms with Gasteiger partial charge in [-0.3, -0.25) is 0 Å². The SMILES string of the molecule is COC(=O)C(Nc1ccc(F)cc1)c1ccccc1Br. The molecular formula is C15H13BrFNO2. The van der Waals surface area contributed by atoms with Crippen LogP contribution in [0.3, 0.4) is 0 Å². The maximum atomic E-state index is 12.9. The maximum Gasteiger partial charge on any atom is 0.333 e. The second-order valence-electron chi connectivity index (χ2n) is 4.13. The highest BCUT2D eigenvalue weighted by Gasteiger charge is 2.23. The number of carbonyl (C=O) groups is 1. The molecule has 0 aromatic heterocycles. The maximum absolute atomic E-state index is 12.9. The minimum atomic E-state index is -0.666. The molecule has 0 fully saturated rings. The Kier molecular flexibility index (Phi) is 4.74. The molecule has 2 aromatic carbocycles. The first kappa shape index (κ1) is 14.5. The standard InChI is InChI=1S/C15H13BrFNO2/c1-20-15(19)14(12-4-2-3-5-13(12)16)18-11-8-6-10(17)7-9-11/h2-9,14,18H,1H3. The molecule has 0 spiro atoms. The lowest BCUT2D eigenvalue weighted by molar-refractivity contribution is -0.141. The normalized spacial score (nSPS) is 11.8. The number of carbonyl (C=O) groups excluding carboxylic acids is 1. The number of ether oxygens (including phenoxy) is 1. The van der Waals surface area contributed by atoms with Crippen molar-refractivity contribution in [1.29, 1.82) is 0 Å². The molecule has 1 N–H and O–H groups in total. The number of esters is 1. The Balaban J connectivity index is 2.31. The van der Waals surface area contributed by atoms with Crippen molar-refractivity contribution in [2.45, 2.75) is 6.04 Å². The van der Waals surface area contributed by atoms with Gasteiger partial charge >= 0.3 is 5.97 Å². The summed E-state index contributed by atoms with van der Waals surface area (Å²) in [7, 11) is 1.33. The molecule has 0 saturated heterocycles. The summed E-state index contributed by atoms with van der Waals surface area (Å²) in [6.45, 7) is 0. The molecule has 0 bridgehead atoms. The summed E-state index contributed by atoms with van der Waals surface area (Å²) in [4.78, 5) is 12.0. The van der Waals surface area contributed by atoms with Crippen molar-refractivity contribution in [3.05, 3.63) is 64.4 Å². The van der Waals surface area contributed by atoms with Crippen LogP contribution in [0.5, 0.6) is 0 Å². The van der Waals surface area contributed by atoms with Gasteiger partial charge in [0.2, 0.25) is 0 Å². The first-order valence-electron chi connectivity index (χ1n) is 5.96. The lowest BCUT2D eigenvalue weighted by atomic mass is 10.1. The van der Waals surface area contributed by atoms with E-state index in [2.05, 4.69) is 21.2 Å². The minimum absolute atomic E-state index is 0.328. The fraction of sp³-hybridized carbons (Fsp3) is 0.133. The highest BCUT2D eigenvalue weighted by atomic mass is 79.9. The lowest BCUT2D eigenvalue weighted by Crippen LogP contribution is -2.22. The number of benzene rings is 2. The number of hydrogen-bond acceptors (Lipinski definition) is 3. The van der Waals surface area contributed by atoms with Gasteiger partial charge in [-0.2, -0.15) is 0 Å². The summed E-state index contributed by atoms with van der Waals surface area (Å²) in [6.07, 6.45) is 0. The monoisotopic (exact) mass is 337 g/mol. The Morgan fingerprint density at radius 1 is 1.20 bits per heavy atom. The van der Waals surface area contributed by atoms with E-state index in [0.29, 0.717) is 5.69 Å². The van der Waals surface area contributed by atoms with E-state index in [9.17, 15) is 9.18 Å². The molecular weight excluding hydrogens is 325 g/mol. The molecule has 1 atom stereocenters. The van der Waals surface area contributed by atoms with Crippen molar-refractivity contribution in [2.75, 3.05) is 12.4 Å². The summed E-state index contributed by atoms with van der Waals surface area (Å²) in [5.74, 6) is -0.743. The molecule has 3 nitrogen and oxygen atoms in total. The molecule has 0 saturated carbocycles. The summed E-state index contributed by atoms with van der Waals surface area (Å²) in [5, 5.41) is 3.04. The summed E-state index contributed by atoms with van der Waals surface area (Å²) in [6, 6.07) is 12.5. The Bertz CT molecular complexity index is 601. The van der Waals surface area contributed by atoms with E-state index in [4.69, 9.17) is 4.74 Å². The molecule has 0 aliphatic heterocycles. The molecule has 0 amide bonds. The summed E-state index contributed by atoms with van der Waals surface area (Å²) < 4.78 is 18.5. The molecule has 5 heteroatoms. The molecule has 0 radical (unpaired) electrons. The van der Waals surface area contributed by atoms with Gasteiger partial charge in [-0.15, -0.1) is 0 Å². The summed E-state index contributed by atoms with van der Waals surface area (Å²) in [5.41, 5.74) is 1.39. The van der Waals surface area contributed by atoms with E-state index in [-0.39, 0.29) is 5.82 Å². The molecule has 20 heavy (non-hydrogen) atoms. The smallest absolute Gasteiger partial charge is 0.333 e. The van der Waals surface area contributed by atoms with Crippen molar-refractivity contribution in [3.8, 4) is 0 Å². The van der Waals surface area contributed by atoms with Gasteiger partial charge in [0.1, 0.15) is 5.82 Å². The van der Waals surface area contributed by atoms with Crippen LogP contribution >= 0.6 is 15.9 Å². The van der Waals surface area contributed by atoms with Crippen molar-refractivity contribution in [2.24, 2.45) is 0 Å². The largest absolute Gasteiger partial charge is 0.467 e. The molecule has 1 unspecified atom stereocenters. The average Bonchev–Trinajstić information content (AvgIpc) is 2.47.